The van der Waals surface area contributed by atoms with E-state index in [9.17, 15) is 4.39 Å². The van der Waals surface area contributed by atoms with Crippen molar-refractivity contribution in [1.82, 2.24) is 0 Å². The van der Waals surface area contributed by atoms with E-state index in [1.54, 1.807) is 31.4 Å². The Labute approximate surface area is 127 Å². The molecule has 0 heterocycles. The van der Waals surface area contributed by atoms with Crippen LogP contribution in [0.15, 0.2) is 36.4 Å². The van der Waals surface area contributed by atoms with Crippen molar-refractivity contribution in [2.45, 2.75) is 12.5 Å². The second-order valence-electron chi connectivity index (χ2n) is 4.32. The Balaban J connectivity index is 2.18. The summed E-state index contributed by atoms with van der Waals surface area (Å²) >= 11 is 5.86. The van der Waals surface area contributed by atoms with E-state index in [1.807, 2.05) is 6.07 Å². The molecule has 0 unspecified atom stereocenters. The third-order valence-electron chi connectivity index (χ3n) is 2.96. The minimum Gasteiger partial charge on any atom is -0.497 e. The van der Waals surface area contributed by atoms with E-state index >= 15 is 0 Å². The van der Waals surface area contributed by atoms with Gasteiger partial charge in [0.25, 0.3) is 0 Å². The van der Waals surface area contributed by atoms with Gasteiger partial charge in [0, 0.05) is 11.6 Å². The summed E-state index contributed by atoms with van der Waals surface area (Å²) in [6.45, 7) is 0.214. The first-order valence-electron chi connectivity index (χ1n) is 6.22. The highest BCUT2D eigenvalue weighted by molar-refractivity contribution is 6.17. The average molecular weight is 306 g/mol. The van der Waals surface area contributed by atoms with E-state index in [0.29, 0.717) is 22.9 Å². The molecule has 0 saturated carbocycles. The second kappa shape index (κ2) is 6.96. The maximum absolute atomic E-state index is 13.3. The SMILES string of the molecule is COc1ccc(CCl)c(OCc2ccc(F)c(C#N)c2)c1. The van der Waals surface area contributed by atoms with Crippen LogP contribution >= 0.6 is 11.6 Å². The molecular formula is C16H13ClFNO2. The fourth-order valence-electron chi connectivity index (χ4n) is 1.82. The molecule has 0 aliphatic heterocycles. The zero-order chi connectivity index (χ0) is 15.2. The number of ether oxygens (including phenoxy) is 2. The minimum absolute atomic E-state index is 0.000640. The summed E-state index contributed by atoms with van der Waals surface area (Å²) in [5, 5.41) is 8.81. The lowest BCUT2D eigenvalue weighted by atomic mass is 10.1. The van der Waals surface area contributed by atoms with Gasteiger partial charge in [0.2, 0.25) is 0 Å². The van der Waals surface area contributed by atoms with Crippen LogP contribution in [0.3, 0.4) is 0 Å². The summed E-state index contributed by atoms with van der Waals surface area (Å²) < 4.78 is 24.1. The maximum Gasteiger partial charge on any atom is 0.140 e. The van der Waals surface area contributed by atoms with E-state index in [4.69, 9.17) is 26.3 Å². The highest BCUT2D eigenvalue weighted by Gasteiger charge is 2.07. The molecule has 2 rings (SSSR count). The molecule has 0 amide bonds. The van der Waals surface area contributed by atoms with Gasteiger partial charge in [0.05, 0.1) is 18.6 Å². The van der Waals surface area contributed by atoms with Gasteiger partial charge in [-0.2, -0.15) is 5.26 Å². The molecule has 0 radical (unpaired) electrons. The van der Waals surface area contributed by atoms with Gasteiger partial charge in [-0.05, 0) is 23.8 Å². The predicted octanol–water partition coefficient (Wildman–Crippen LogP) is 4.02. The molecule has 0 aliphatic rings. The largest absolute Gasteiger partial charge is 0.497 e. The zero-order valence-corrected chi connectivity index (χ0v) is 12.2. The normalized spacial score (nSPS) is 10.0. The number of nitriles is 1. The van der Waals surface area contributed by atoms with Crippen molar-refractivity contribution < 1.29 is 13.9 Å². The molecule has 0 saturated heterocycles. The van der Waals surface area contributed by atoms with Gasteiger partial charge in [-0.15, -0.1) is 11.6 Å². The van der Waals surface area contributed by atoms with Crippen LogP contribution in [0.4, 0.5) is 4.39 Å². The first kappa shape index (κ1) is 15.1. The van der Waals surface area contributed by atoms with Gasteiger partial charge in [-0.3, -0.25) is 0 Å². The third-order valence-corrected chi connectivity index (χ3v) is 3.25. The van der Waals surface area contributed by atoms with Crippen molar-refractivity contribution in [1.29, 1.82) is 5.26 Å². The van der Waals surface area contributed by atoms with E-state index in [1.165, 1.54) is 12.1 Å². The molecule has 0 spiro atoms. The van der Waals surface area contributed by atoms with Crippen LogP contribution in [0.2, 0.25) is 0 Å². The lowest BCUT2D eigenvalue weighted by Gasteiger charge is -2.12. The molecule has 108 valence electrons. The smallest absolute Gasteiger partial charge is 0.140 e. The predicted molar refractivity (Wildman–Crippen MR) is 78.0 cm³/mol. The van der Waals surface area contributed by atoms with Gasteiger partial charge in [-0.25, -0.2) is 4.39 Å². The van der Waals surface area contributed by atoms with Crippen molar-refractivity contribution in [3.8, 4) is 17.6 Å². The summed E-state index contributed by atoms with van der Waals surface area (Å²) in [7, 11) is 1.57. The standard InChI is InChI=1S/C16H13ClFNO2/c1-20-14-4-3-12(8-17)16(7-14)21-10-11-2-5-15(18)13(6-11)9-19/h2-7H,8,10H2,1H3. The van der Waals surface area contributed by atoms with E-state index < -0.39 is 5.82 Å². The number of hydrogen-bond donors (Lipinski definition) is 0. The highest BCUT2D eigenvalue weighted by Crippen LogP contribution is 2.27. The number of alkyl halides is 1. The van der Waals surface area contributed by atoms with Crippen molar-refractivity contribution in [2.24, 2.45) is 0 Å². The maximum atomic E-state index is 13.3. The summed E-state index contributed by atoms with van der Waals surface area (Å²) in [6, 6.07) is 11.5. The fourth-order valence-corrected chi connectivity index (χ4v) is 2.04. The Kier molecular flexibility index (Phi) is 5.02. The van der Waals surface area contributed by atoms with Gasteiger partial charge in [-0.1, -0.05) is 12.1 Å². The van der Waals surface area contributed by atoms with Gasteiger partial charge < -0.3 is 9.47 Å². The van der Waals surface area contributed by atoms with Crippen LogP contribution in [0, 0.1) is 17.1 Å². The highest BCUT2D eigenvalue weighted by atomic mass is 35.5. The number of nitrogens with zero attached hydrogens (tertiary/aromatic N) is 1. The molecule has 2 aromatic rings. The van der Waals surface area contributed by atoms with Gasteiger partial charge in [0.15, 0.2) is 0 Å². The van der Waals surface area contributed by atoms with Crippen LogP contribution in [0.1, 0.15) is 16.7 Å². The van der Waals surface area contributed by atoms with E-state index in [0.717, 1.165) is 5.56 Å². The molecule has 0 N–H and O–H groups in total. The molecule has 0 bridgehead atoms. The second-order valence-corrected chi connectivity index (χ2v) is 4.59. The Hall–Kier alpha value is -2.25. The van der Waals surface area contributed by atoms with Crippen LogP contribution in [0.5, 0.6) is 11.5 Å². The monoisotopic (exact) mass is 305 g/mol. The van der Waals surface area contributed by atoms with Gasteiger partial charge >= 0.3 is 0 Å². The van der Waals surface area contributed by atoms with Crippen LogP contribution in [-0.2, 0) is 12.5 Å². The Morgan fingerprint density at radius 1 is 1.24 bits per heavy atom. The number of hydrogen-bond acceptors (Lipinski definition) is 3. The molecule has 0 aliphatic carbocycles. The van der Waals surface area contributed by atoms with Gasteiger partial charge in [0.1, 0.15) is 30.0 Å². The summed E-state index contributed by atoms with van der Waals surface area (Å²) in [5.74, 6) is 1.04. The molecule has 21 heavy (non-hydrogen) atoms. The molecule has 0 fully saturated rings. The Morgan fingerprint density at radius 2 is 2.05 bits per heavy atom. The molecule has 0 aromatic heterocycles. The fraction of sp³-hybridized carbons (Fsp3) is 0.188. The first-order valence-corrected chi connectivity index (χ1v) is 6.75. The third kappa shape index (κ3) is 3.65. The molecule has 2 aromatic carbocycles. The number of benzene rings is 2. The quantitative estimate of drug-likeness (QED) is 0.783. The summed E-state index contributed by atoms with van der Waals surface area (Å²) in [5.41, 5.74) is 1.54. The van der Waals surface area contributed by atoms with E-state index in [2.05, 4.69) is 0 Å². The van der Waals surface area contributed by atoms with Crippen molar-refractivity contribution in [3.63, 3.8) is 0 Å². The molecular weight excluding hydrogens is 293 g/mol. The Bertz CT molecular complexity index is 682. The number of rotatable bonds is 5. The number of halogens is 2. The van der Waals surface area contributed by atoms with Crippen LogP contribution in [-0.4, -0.2) is 7.11 Å². The zero-order valence-electron chi connectivity index (χ0n) is 11.4. The summed E-state index contributed by atoms with van der Waals surface area (Å²) in [4.78, 5) is 0. The average Bonchev–Trinajstić information content (AvgIpc) is 2.53. The van der Waals surface area contributed by atoms with Crippen LogP contribution < -0.4 is 9.47 Å². The first-order chi connectivity index (χ1) is 10.2. The van der Waals surface area contributed by atoms with Crippen LogP contribution in [0.25, 0.3) is 0 Å². The minimum atomic E-state index is -0.538. The lowest BCUT2D eigenvalue weighted by Crippen LogP contribution is -1.99. The van der Waals surface area contributed by atoms with Crippen molar-refractivity contribution in [3.05, 3.63) is 58.9 Å². The molecule has 5 heteroatoms. The summed E-state index contributed by atoms with van der Waals surface area (Å²) in [6.07, 6.45) is 0. The molecule has 0 atom stereocenters. The molecule has 3 nitrogen and oxygen atoms in total. The number of methoxy groups -OCH3 is 1. The van der Waals surface area contributed by atoms with Crippen molar-refractivity contribution in [2.75, 3.05) is 7.11 Å². The topological polar surface area (TPSA) is 42.2 Å². The Morgan fingerprint density at radius 3 is 2.71 bits per heavy atom. The van der Waals surface area contributed by atoms with Crippen molar-refractivity contribution >= 4 is 11.6 Å². The lowest BCUT2D eigenvalue weighted by molar-refractivity contribution is 0.301. The van der Waals surface area contributed by atoms with E-state index in [-0.39, 0.29) is 12.2 Å².